The molecule has 0 saturated carbocycles. The highest BCUT2D eigenvalue weighted by atomic mass is 16.4. The molecule has 0 aliphatic rings. The van der Waals surface area contributed by atoms with Gasteiger partial charge in [0.2, 0.25) is 5.91 Å². The summed E-state index contributed by atoms with van der Waals surface area (Å²) in [6, 6.07) is 14.0. The average molecular weight is 327 g/mol. The molecule has 1 unspecified atom stereocenters. The summed E-state index contributed by atoms with van der Waals surface area (Å²) >= 11 is 0. The van der Waals surface area contributed by atoms with Crippen LogP contribution < -0.4 is 5.32 Å². The first-order valence-corrected chi connectivity index (χ1v) is 8.32. The van der Waals surface area contributed by atoms with E-state index in [-0.39, 0.29) is 12.5 Å². The van der Waals surface area contributed by atoms with Crippen molar-refractivity contribution in [2.24, 2.45) is 11.3 Å². The van der Waals surface area contributed by atoms with Crippen LogP contribution >= 0.6 is 0 Å². The fraction of sp³-hybridized carbons (Fsp3) is 0.400. The van der Waals surface area contributed by atoms with Crippen molar-refractivity contribution in [2.75, 3.05) is 6.54 Å². The topological polar surface area (TPSA) is 66.4 Å². The molecule has 0 heterocycles. The maximum Gasteiger partial charge on any atom is 0.308 e. The van der Waals surface area contributed by atoms with Crippen molar-refractivity contribution in [3.05, 3.63) is 48.0 Å². The maximum absolute atomic E-state index is 12.1. The number of hydrogen-bond donors (Lipinski definition) is 2. The minimum atomic E-state index is -0.891. The molecule has 2 rings (SSSR count). The molecule has 0 fully saturated rings. The Balaban J connectivity index is 2.07. The zero-order valence-corrected chi connectivity index (χ0v) is 14.5. The van der Waals surface area contributed by atoms with E-state index in [0.29, 0.717) is 12.8 Å². The Morgan fingerprint density at radius 3 is 2.42 bits per heavy atom. The molecule has 0 aliphatic carbocycles. The van der Waals surface area contributed by atoms with E-state index in [2.05, 4.69) is 5.32 Å². The zero-order valence-electron chi connectivity index (χ0n) is 14.5. The highest BCUT2D eigenvalue weighted by Crippen LogP contribution is 2.21. The molecule has 128 valence electrons. The van der Waals surface area contributed by atoms with Gasteiger partial charge in [-0.2, -0.15) is 0 Å². The number of aliphatic carboxylic acids is 1. The second-order valence-corrected chi connectivity index (χ2v) is 6.87. The number of amides is 1. The number of carboxylic acid groups (broad SMARTS) is 1. The van der Waals surface area contributed by atoms with Gasteiger partial charge >= 0.3 is 5.97 Å². The van der Waals surface area contributed by atoms with Crippen molar-refractivity contribution >= 4 is 22.6 Å². The Hall–Kier alpha value is -2.36. The summed E-state index contributed by atoms with van der Waals surface area (Å²) in [5.41, 5.74) is 0.483. The molecule has 0 spiro atoms. The summed E-state index contributed by atoms with van der Waals surface area (Å²) in [4.78, 5) is 23.7. The number of carboxylic acids is 1. The van der Waals surface area contributed by atoms with Crippen LogP contribution in [-0.2, 0) is 16.0 Å². The van der Waals surface area contributed by atoms with Gasteiger partial charge in [-0.1, -0.05) is 63.2 Å². The lowest BCUT2D eigenvalue weighted by Crippen LogP contribution is -2.41. The number of carbonyl (C=O) groups is 2. The Kier molecular flexibility index (Phi) is 5.60. The van der Waals surface area contributed by atoms with E-state index in [4.69, 9.17) is 0 Å². The summed E-state index contributed by atoms with van der Waals surface area (Å²) in [6.07, 6.45) is 1.11. The van der Waals surface area contributed by atoms with E-state index >= 15 is 0 Å². The summed E-state index contributed by atoms with van der Waals surface area (Å²) in [7, 11) is 0. The Labute approximate surface area is 142 Å². The van der Waals surface area contributed by atoms with Crippen LogP contribution in [0.5, 0.6) is 0 Å². The predicted molar refractivity (Wildman–Crippen MR) is 95.9 cm³/mol. The number of nitrogens with one attached hydrogen (secondary N) is 1. The van der Waals surface area contributed by atoms with Gasteiger partial charge in [-0.25, -0.2) is 0 Å². The molecule has 0 aromatic heterocycles. The van der Waals surface area contributed by atoms with Crippen LogP contribution in [0.1, 0.15) is 32.8 Å². The van der Waals surface area contributed by atoms with E-state index in [1.165, 1.54) is 0 Å². The van der Waals surface area contributed by atoms with Gasteiger partial charge in [0.15, 0.2) is 0 Å². The normalized spacial score (nSPS) is 12.8. The van der Waals surface area contributed by atoms with Gasteiger partial charge in [-0.05, 0) is 29.2 Å². The summed E-state index contributed by atoms with van der Waals surface area (Å²) in [5, 5.41) is 14.5. The van der Waals surface area contributed by atoms with Crippen LogP contribution in [0.2, 0.25) is 0 Å². The molecule has 1 atom stereocenters. The van der Waals surface area contributed by atoms with Crippen molar-refractivity contribution in [1.82, 2.24) is 5.32 Å². The first kappa shape index (κ1) is 18.0. The van der Waals surface area contributed by atoms with Crippen LogP contribution in [0, 0.1) is 11.3 Å². The number of rotatable bonds is 7. The Bertz CT molecular complexity index is 736. The lowest BCUT2D eigenvalue weighted by molar-refractivity contribution is -0.141. The van der Waals surface area contributed by atoms with Crippen molar-refractivity contribution in [3.8, 4) is 0 Å². The van der Waals surface area contributed by atoms with Crippen molar-refractivity contribution in [3.63, 3.8) is 0 Å². The highest BCUT2D eigenvalue weighted by molar-refractivity contribution is 5.84. The maximum atomic E-state index is 12.1. The van der Waals surface area contributed by atoms with Crippen molar-refractivity contribution in [2.45, 2.75) is 33.6 Å². The number of benzene rings is 2. The lowest BCUT2D eigenvalue weighted by Gasteiger charge is -2.23. The van der Waals surface area contributed by atoms with E-state index in [1.807, 2.05) is 63.2 Å². The lowest BCUT2D eigenvalue weighted by atomic mass is 9.89. The first-order chi connectivity index (χ1) is 11.3. The zero-order chi connectivity index (χ0) is 17.7. The molecule has 4 heteroatoms. The van der Waals surface area contributed by atoms with E-state index in [9.17, 15) is 14.7 Å². The third-order valence-corrected chi connectivity index (χ3v) is 4.65. The minimum Gasteiger partial charge on any atom is -0.481 e. The van der Waals surface area contributed by atoms with Gasteiger partial charge in [-0.3, -0.25) is 9.59 Å². The molecule has 0 bridgehead atoms. The molecule has 2 aromatic carbocycles. The molecular formula is C20H25NO3. The largest absolute Gasteiger partial charge is 0.481 e. The number of carbonyl (C=O) groups excluding carboxylic acids is 1. The van der Waals surface area contributed by atoms with Crippen molar-refractivity contribution in [1.29, 1.82) is 0 Å². The predicted octanol–water partition coefficient (Wildman–Crippen LogP) is 3.64. The summed E-state index contributed by atoms with van der Waals surface area (Å²) in [6.45, 7) is 5.82. The third kappa shape index (κ3) is 4.34. The van der Waals surface area contributed by atoms with E-state index in [1.54, 1.807) is 0 Å². The standard InChI is InChI=1S/C20H25NO3/c1-4-20(2,3)19(24)21-13-17(18(22)23)12-14-9-10-15-7-5-6-8-16(15)11-14/h5-11,17H,4,12-13H2,1-3H3,(H,21,24)(H,22,23). The van der Waals surface area contributed by atoms with E-state index in [0.717, 1.165) is 16.3 Å². The monoisotopic (exact) mass is 327 g/mol. The second-order valence-electron chi connectivity index (χ2n) is 6.87. The molecule has 4 nitrogen and oxygen atoms in total. The van der Waals surface area contributed by atoms with Crippen molar-refractivity contribution < 1.29 is 14.7 Å². The number of fused-ring (bicyclic) bond motifs is 1. The molecule has 24 heavy (non-hydrogen) atoms. The van der Waals surface area contributed by atoms with Gasteiger partial charge in [-0.15, -0.1) is 0 Å². The summed E-state index contributed by atoms with van der Waals surface area (Å²) in [5.74, 6) is -1.63. The second kappa shape index (κ2) is 7.47. The average Bonchev–Trinajstić information content (AvgIpc) is 2.57. The van der Waals surface area contributed by atoms with E-state index < -0.39 is 17.3 Å². The smallest absolute Gasteiger partial charge is 0.308 e. The van der Waals surface area contributed by atoms with Gasteiger partial charge in [0.25, 0.3) is 0 Å². The van der Waals surface area contributed by atoms with Crippen LogP contribution in [-0.4, -0.2) is 23.5 Å². The fourth-order valence-corrected chi connectivity index (χ4v) is 2.51. The van der Waals surface area contributed by atoms with Gasteiger partial charge < -0.3 is 10.4 Å². The fourth-order valence-electron chi connectivity index (χ4n) is 2.51. The van der Waals surface area contributed by atoms with Gasteiger partial charge in [0.1, 0.15) is 0 Å². The Morgan fingerprint density at radius 2 is 1.79 bits per heavy atom. The molecule has 2 N–H and O–H groups in total. The highest BCUT2D eigenvalue weighted by Gasteiger charge is 2.27. The third-order valence-electron chi connectivity index (χ3n) is 4.65. The van der Waals surface area contributed by atoms with Crippen LogP contribution in [0.25, 0.3) is 10.8 Å². The van der Waals surface area contributed by atoms with Crippen LogP contribution in [0.3, 0.4) is 0 Å². The SMILES string of the molecule is CCC(C)(C)C(=O)NCC(Cc1ccc2ccccc2c1)C(=O)O. The Morgan fingerprint density at radius 1 is 1.12 bits per heavy atom. The molecule has 2 aromatic rings. The molecule has 0 aliphatic heterocycles. The molecule has 1 amide bonds. The quantitative estimate of drug-likeness (QED) is 0.816. The van der Waals surface area contributed by atoms with Gasteiger partial charge in [0.05, 0.1) is 5.92 Å². The first-order valence-electron chi connectivity index (χ1n) is 8.32. The molecule has 0 radical (unpaired) electrons. The van der Waals surface area contributed by atoms with Crippen LogP contribution in [0.4, 0.5) is 0 Å². The minimum absolute atomic E-state index is 0.102. The van der Waals surface area contributed by atoms with Crippen LogP contribution in [0.15, 0.2) is 42.5 Å². The molecule has 0 saturated heterocycles. The number of hydrogen-bond acceptors (Lipinski definition) is 2. The van der Waals surface area contributed by atoms with Gasteiger partial charge in [0, 0.05) is 12.0 Å². The summed E-state index contributed by atoms with van der Waals surface area (Å²) < 4.78 is 0. The molecular weight excluding hydrogens is 302 g/mol.